The topological polar surface area (TPSA) is 80.4 Å². The number of nitrogens with two attached hydrogens (primary N) is 1. The molecule has 4 nitrogen and oxygen atoms in total. The van der Waals surface area contributed by atoms with Crippen molar-refractivity contribution in [3.05, 3.63) is 0 Å². The molecule has 13 heavy (non-hydrogen) atoms. The molecule has 1 aliphatic carbocycles. The van der Waals surface area contributed by atoms with Crippen LogP contribution in [0, 0.1) is 0 Å². The van der Waals surface area contributed by atoms with Crippen molar-refractivity contribution < 1.29 is 14.7 Å². The fourth-order valence-electron chi connectivity index (χ4n) is 1.10. The minimum absolute atomic E-state index is 0.0604. The smallest absolute Gasteiger partial charge is 0.192 e. The zero-order valence-electron chi connectivity index (χ0n) is 7.90. The number of hydrogen-bond acceptors (Lipinski definition) is 4. The number of aldehydes is 1. The van der Waals surface area contributed by atoms with Gasteiger partial charge in [0.05, 0.1) is 6.10 Å². The molecular formula is C9H17NO3. The molecule has 0 heterocycles. The molecular weight excluding hydrogens is 170 g/mol. The predicted molar refractivity (Wildman–Crippen MR) is 49.2 cm³/mol. The van der Waals surface area contributed by atoms with Crippen molar-refractivity contribution in [2.45, 2.75) is 44.8 Å². The summed E-state index contributed by atoms with van der Waals surface area (Å²) in [5.41, 5.74) is 5.59. The molecule has 1 saturated carbocycles. The van der Waals surface area contributed by atoms with Gasteiger partial charge in [-0.15, -0.1) is 0 Å². The molecule has 0 radical (unpaired) electrons. The summed E-state index contributed by atoms with van der Waals surface area (Å²) in [6, 6.07) is 0.360. The fourth-order valence-corrected chi connectivity index (χ4v) is 1.10. The van der Waals surface area contributed by atoms with Gasteiger partial charge in [0.15, 0.2) is 12.1 Å². The van der Waals surface area contributed by atoms with Crippen molar-refractivity contribution in [1.29, 1.82) is 0 Å². The predicted octanol–water partition coefficient (Wildman–Crippen LogP) is 0.0229. The van der Waals surface area contributed by atoms with Crippen LogP contribution in [-0.2, 0) is 9.59 Å². The maximum absolute atomic E-state index is 9.44. The number of carbonyl (C=O) groups is 2. The van der Waals surface area contributed by atoms with Gasteiger partial charge < -0.3 is 10.8 Å². The molecule has 0 aliphatic heterocycles. The SMILES string of the molecule is CC(=O)C=O.NC1CCC(O)CC1. The Balaban J connectivity index is 0.000000252. The number of carbonyl (C=O) groups excluding carboxylic acids is 2. The van der Waals surface area contributed by atoms with E-state index in [1.807, 2.05) is 0 Å². The van der Waals surface area contributed by atoms with Crippen molar-refractivity contribution in [1.82, 2.24) is 0 Å². The first kappa shape index (κ1) is 12.3. The Labute approximate surface area is 78.1 Å². The molecule has 0 saturated heterocycles. The van der Waals surface area contributed by atoms with E-state index in [1.54, 1.807) is 0 Å². The van der Waals surface area contributed by atoms with Crippen LogP contribution in [0.15, 0.2) is 0 Å². The lowest BCUT2D eigenvalue weighted by molar-refractivity contribution is -0.128. The van der Waals surface area contributed by atoms with E-state index in [1.165, 1.54) is 6.92 Å². The minimum Gasteiger partial charge on any atom is -0.393 e. The van der Waals surface area contributed by atoms with Gasteiger partial charge in [-0.05, 0) is 25.7 Å². The molecule has 3 N–H and O–H groups in total. The van der Waals surface area contributed by atoms with Gasteiger partial charge in [0.2, 0.25) is 0 Å². The van der Waals surface area contributed by atoms with Gasteiger partial charge in [-0.25, -0.2) is 0 Å². The number of Topliss-reactive ketones (excluding diaryl/α,β-unsaturated/α-hetero) is 1. The Morgan fingerprint density at radius 1 is 1.38 bits per heavy atom. The minimum atomic E-state index is -0.426. The summed E-state index contributed by atoms with van der Waals surface area (Å²) in [6.07, 6.45) is 4.03. The van der Waals surface area contributed by atoms with Gasteiger partial charge in [0.25, 0.3) is 0 Å². The lowest BCUT2D eigenvalue weighted by Crippen LogP contribution is -2.28. The number of rotatable bonds is 1. The summed E-state index contributed by atoms with van der Waals surface area (Å²) < 4.78 is 0. The molecule has 4 heteroatoms. The van der Waals surface area contributed by atoms with E-state index < -0.39 is 5.78 Å². The van der Waals surface area contributed by atoms with Crippen LogP contribution in [0.5, 0.6) is 0 Å². The first-order chi connectivity index (χ1) is 6.06. The molecule has 1 aliphatic rings. The van der Waals surface area contributed by atoms with E-state index in [0.29, 0.717) is 6.04 Å². The number of aliphatic hydroxyl groups is 1. The van der Waals surface area contributed by atoms with Crippen LogP contribution in [0.3, 0.4) is 0 Å². The molecule has 76 valence electrons. The van der Waals surface area contributed by atoms with E-state index in [-0.39, 0.29) is 12.4 Å². The highest BCUT2D eigenvalue weighted by atomic mass is 16.3. The third kappa shape index (κ3) is 7.62. The van der Waals surface area contributed by atoms with Crippen LogP contribution >= 0.6 is 0 Å². The molecule has 0 aromatic heterocycles. The highest BCUT2D eigenvalue weighted by molar-refractivity contribution is 6.23. The summed E-state index contributed by atoms with van der Waals surface area (Å²) in [6.45, 7) is 1.22. The van der Waals surface area contributed by atoms with Gasteiger partial charge >= 0.3 is 0 Å². The fraction of sp³-hybridized carbons (Fsp3) is 0.778. The highest BCUT2D eigenvalue weighted by Gasteiger charge is 2.14. The molecule has 0 atom stereocenters. The maximum atomic E-state index is 9.44. The molecule has 1 rings (SSSR count). The van der Waals surface area contributed by atoms with Crippen molar-refractivity contribution in [3.8, 4) is 0 Å². The van der Waals surface area contributed by atoms with Gasteiger partial charge in [-0.1, -0.05) is 0 Å². The third-order valence-corrected chi connectivity index (χ3v) is 1.91. The molecule has 0 aromatic carbocycles. The van der Waals surface area contributed by atoms with Crippen LogP contribution in [0.4, 0.5) is 0 Å². The summed E-state index contributed by atoms with van der Waals surface area (Å²) in [7, 11) is 0. The normalized spacial score (nSPS) is 27.0. The van der Waals surface area contributed by atoms with Crippen molar-refractivity contribution in [2.75, 3.05) is 0 Å². The van der Waals surface area contributed by atoms with E-state index in [0.717, 1.165) is 25.7 Å². The molecule has 0 spiro atoms. The summed E-state index contributed by atoms with van der Waals surface area (Å²) in [5, 5.41) is 8.97. The van der Waals surface area contributed by atoms with E-state index in [9.17, 15) is 4.79 Å². The second kappa shape index (κ2) is 6.74. The lowest BCUT2D eigenvalue weighted by Gasteiger charge is -2.21. The summed E-state index contributed by atoms with van der Waals surface area (Å²) in [5.74, 6) is -0.426. The molecule has 1 fully saturated rings. The van der Waals surface area contributed by atoms with Crippen LogP contribution in [-0.4, -0.2) is 29.3 Å². The number of ketones is 1. The molecule has 0 aromatic rings. The Morgan fingerprint density at radius 2 is 1.77 bits per heavy atom. The monoisotopic (exact) mass is 187 g/mol. The van der Waals surface area contributed by atoms with E-state index in [2.05, 4.69) is 0 Å². The van der Waals surface area contributed by atoms with Gasteiger partial charge in [-0.3, -0.25) is 9.59 Å². The van der Waals surface area contributed by atoms with Crippen molar-refractivity contribution >= 4 is 12.1 Å². The molecule has 0 amide bonds. The first-order valence-corrected chi connectivity index (χ1v) is 4.45. The number of hydrogen-bond donors (Lipinski definition) is 2. The maximum Gasteiger partial charge on any atom is 0.192 e. The van der Waals surface area contributed by atoms with E-state index >= 15 is 0 Å². The zero-order valence-corrected chi connectivity index (χ0v) is 7.90. The van der Waals surface area contributed by atoms with Gasteiger partial charge in [-0.2, -0.15) is 0 Å². The van der Waals surface area contributed by atoms with Crippen LogP contribution in [0.25, 0.3) is 0 Å². The molecule has 0 unspecified atom stereocenters. The Kier molecular flexibility index (Phi) is 6.36. The van der Waals surface area contributed by atoms with Gasteiger partial charge in [0, 0.05) is 13.0 Å². The Morgan fingerprint density at radius 3 is 2.00 bits per heavy atom. The second-order valence-electron chi connectivity index (χ2n) is 3.30. The highest BCUT2D eigenvalue weighted by Crippen LogP contribution is 2.15. The zero-order chi connectivity index (χ0) is 10.3. The standard InChI is InChI=1S/C6H13NO.C3H4O2/c7-5-1-3-6(8)4-2-5;1-3(5)2-4/h5-6,8H,1-4,7H2;2H,1H3. The number of aliphatic hydroxyl groups excluding tert-OH is 1. The van der Waals surface area contributed by atoms with Crippen LogP contribution < -0.4 is 5.73 Å². The third-order valence-electron chi connectivity index (χ3n) is 1.91. The van der Waals surface area contributed by atoms with E-state index in [4.69, 9.17) is 15.6 Å². The van der Waals surface area contributed by atoms with Crippen LogP contribution in [0.1, 0.15) is 32.6 Å². The Bertz CT molecular complexity index is 152. The molecule has 0 bridgehead atoms. The largest absolute Gasteiger partial charge is 0.393 e. The van der Waals surface area contributed by atoms with Crippen molar-refractivity contribution in [2.24, 2.45) is 5.73 Å². The Hall–Kier alpha value is -0.740. The second-order valence-corrected chi connectivity index (χ2v) is 3.30. The summed E-state index contributed by atoms with van der Waals surface area (Å²) in [4.78, 5) is 18.6. The van der Waals surface area contributed by atoms with Gasteiger partial charge in [0.1, 0.15) is 0 Å². The lowest BCUT2D eigenvalue weighted by atomic mass is 9.94. The first-order valence-electron chi connectivity index (χ1n) is 4.45. The quantitative estimate of drug-likeness (QED) is 0.448. The summed E-state index contributed by atoms with van der Waals surface area (Å²) >= 11 is 0. The average molecular weight is 187 g/mol. The van der Waals surface area contributed by atoms with Crippen molar-refractivity contribution in [3.63, 3.8) is 0 Å². The van der Waals surface area contributed by atoms with Crippen LogP contribution in [0.2, 0.25) is 0 Å². The average Bonchev–Trinajstić information content (AvgIpc) is 2.11.